The second-order valence-corrected chi connectivity index (χ2v) is 7.39. The van der Waals surface area contributed by atoms with E-state index in [4.69, 9.17) is 14.2 Å². The minimum absolute atomic E-state index is 0.217. The molecule has 0 heterocycles. The van der Waals surface area contributed by atoms with Crippen LogP contribution in [0, 0.1) is 0 Å². The molecule has 4 aromatic rings. The highest BCUT2D eigenvalue weighted by Gasteiger charge is 2.10. The van der Waals surface area contributed by atoms with Crippen molar-refractivity contribution in [1.82, 2.24) is 0 Å². The Hall–Kier alpha value is -4.25. The van der Waals surface area contributed by atoms with Crippen LogP contribution in [0.2, 0.25) is 0 Å². The van der Waals surface area contributed by atoms with Crippen molar-refractivity contribution in [3.05, 3.63) is 120 Å². The normalized spacial score (nSPS) is 10.3. The summed E-state index contributed by atoms with van der Waals surface area (Å²) in [5.41, 5.74) is 3.21. The van der Waals surface area contributed by atoms with Gasteiger partial charge in [0.05, 0.1) is 12.8 Å². The summed E-state index contributed by atoms with van der Waals surface area (Å²) in [5.74, 6) is 1.87. The van der Waals surface area contributed by atoms with Gasteiger partial charge in [0.15, 0.2) is 0 Å². The number of amides is 1. The average molecular weight is 440 g/mol. The molecule has 4 rings (SSSR count). The molecule has 5 heteroatoms. The van der Waals surface area contributed by atoms with Crippen LogP contribution in [-0.2, 0) is 13.2 Å². The standard InChI is InChI=1S/C28H25NO4/c1-31-25-11-7-10-22(18-25)20-32-24-16-14-23(15-17-24)28(30)29-26-12-5-6-13-27(26)33-19-21-8-3-2-4-9-21/h2-18H,19-20H2,1H3,(H,29,30). The molecule has 1 N–H and O–H groups in total. The molecule has 5 nitrogen and oxygen atoms in total. The molecule has 166 valence electrons. The first-order valence-electron chi connectivity index (χ1n) is 10.6. The first kappa shape index (κ1) is 22.0. The van der Waals surface area contributed by atoms with Gasteiger partial charge in [-0.3, -0.25) is 4.79 Å². The molecular weight excluding hydrogens is 414 g/mol. The topological polar surface area (TPSA) is 56.8 Å². The van der Waals surface area contributed by atoms with Gasteiger partial charge in [0.1, 0.15) is 30.5 Å². The molecule has 0 aliphatic carbocycles. The quantitative estimate of drug-likeness (QED) is 0.342. The van der Waals surface area contributed by atoms with Crippen LogP contribution in [0.3, 0.4) is 0 Å². The predicted octanol–water partition coefficient (Wildman–Crippen LogP) is 6.11. The summed E-state index contributed by atoms with van der Waals surface area (Å²) in [6.07, 6.45) is 0. The Bertz CT molecular complexity index is 1190. The number of nitrogens with one attached hydrogen (secondary N) is 1. The van der Waals surface area contributed by atoms with Crippen molar-refractivity contribution < 1.29 is 19.0 Å². The van der Waals surface area contributed by atoms with Crippen LogP contribution >= 0.6 is 0 Å². The molecule has 0 saturated heterocycles. The van der Waals surface area contributed by atoms with Crippen LogP contribution in [0.25, 0.3) is 0 Å². The van der Waals surface area contributed by atoms with Gasteiger partial charge in [0, 0.05) is 5.56 Å². The summed E-state index contributed by atoms with van der Waals surface area (Å²) in [5, 5.41) is 2.93. The maximum Gasteiger partial charge on any atom is 0.255 e. The lowest BCUT2D eigenvalue weighted by atomic mass is 10.2. The first-order valence-corrected chi connectivity index (χ1v) is 10.6. The number of rotatable bonds is 9. The molecule has 0 radical (unpaired) electrons. The number of anilines is 1. The Morgan fingerprint density at radius 3 is 2.18 bits per heavy atom. The lowest BCUT2D eigenvalue weighted by Gasteiger charge is -2.13. The fraction of sp³-hybridized carbons (Fsp3) is 0.107. The summed E-state index contributed by atoms with van der Waals surface area (Å²) in [7, 11) is 1.64. The minimum Gasteiger partial charge on any atom is -0.497 e. The molecule has 0 atom stereocenters. The van der Waals surface area contributed by atoms with Gasteiger partial charge >= 0.3 is 0 Å². The van der Waals surface area contributed by atoms with Crippen LogP contribution in [0.1, 0.15) is 21.5 Å². The first-order chi connectivity index (χ1) is 16.2. The van der Waals surface area contributed by atoms with Crippen molar-refractivity contribution in [1.29, 1.82) is 0 Å². The molecule has 0 aromatic heterocycles. The molecule has 0 spiro atoms. The number of hydrogen-bond acceptors (Lipinski definition) is 4. The van der Waals surface area contributed by atoms with E-state index in [1.807, 2.05) is 78.9 Å². The highest BCUT2D eigenvalue weighted by Crippen LogP contribution is 2.26. The third-order valence-electron chi connectivity index (χ3n) is 5.03. The maximum absolute atomic E-state index is 12.8. The van der Waals surface area contributed by atoms with E-state index in [0.29, 0.717) is 36.0 Å². The molecule has 1 amide bonds. The Morgan fingerprint density at radius 1 is 0.697 bits per heavy atom. The van der Waals surface area contributed by atoms with Crippen molar-refractivity contribution in [3.8, 4) is 17.2 Å². The van der Waals surface area contributed by atoms with Gasteiger partial charge in [0.25, 0.3) is 5.91 Å². The molecule has 0 saturated carbocycles. The zero-order chi connectivity index (χ0) is 22.9. The number of carbonyl (C=O) groups is 1. The number of hydrogen-bond donors (Lipinski definition) is 1. The van der Waals surface area contributed by atoms with Crippen molar-refractivity contribution >= 4 is 11.6 Å². The largest absolute Gasteiger partial charge is 0.497 e. The van der Waals surface area contributed by atoms with Gasteiger partial charge in [-0.15, -0.1) is 0 Å². The zero-order valence-electron chi connectivity index (χ0n) is 18.4. The van der Waals surface area contributed by atoms with Gasteiger partial charge in [-0.25, -0.2) is 0 Å². The van der Waals surface area contributed by atoms with Gasteiger partial charge in [-0.1, -0.05) is 54.6 Å². The van der Waals surface area contributed by atoms with Gasteiger partial charge in [-0.05, 0) is 59.7 Å². The summed E-state index contributed by atoms with van der Waals surface area (Å²) in [4.78, 5) is 12.8. The van der Waals surface area contributed by atoms with Crippen molar-refractivity contribution in [2.75, 3.05) is 12.4 Å². The molecule has 4 aromatic carbocycles. The Balaban J connectivity index is 1.36. The Labute approximate surface area is 193 Å². The van der Waals surface area contributed by atoms with Crippen LogP contribution < -0.4 is 19.5 Å². The zero-order valence-corrected chi connectivity index (χ0v) is 18.4. The molecule has 33 heavy (non-hydrogen) atoms. The average Bonchev–Trinajstić information content (AvgIpc) is 2.88. The van der Waals surface area contributed by atoms with Crippen molar-refractivity contribution in [2.45, 2.75) is 13.2 Å². The van der Waals surface area contributed by atoms with E-state index in [1.165, 1.54) is 0 Å². The third-order valence-corrected chi connectivity index (χ3v) is 5.03. The van der Waals surface area contributed by atoms with E-state index < -0.39 is 0 Å². The van der Waals surface area contributed by atoms with Gasteiger partial charge in [-0.2, -0.15) is 0 Å². The highest BCUT2D eigenvalue weighted by molar-refractivity contribution is 6.05. The van der Waals surface area contributed by atoms with Gasteiger partial charge < -0.3 is 19.5 Å². The van der Waals surface area contributed by atoms with Crippen LogP contribution in [0.15, 0.2) is 103 Å². The highest BCUT2D eigenvalue weighted by atomic mass is 16.5. The van der Waals surface area contributed by atoms with Gasteiger partial charge in [0.2, 0.25) is 0 Å². The molecule has 0 bridgehead atoms. The number of carbonyl (C=O) groups excluding carboxylic acids is 1. The summed E-state index contributed by atoms with van der Waals surface area (Å²) in [6.45, 7) is 0.835. The fourth-order valence-corrected chi connectivity index (χ4v) is 3.26. The van der Waals surface area contributed by atoms with E-state index in [9.17, 15) is 4.79 Å². The number of ether oxygens (including phenoxy) is 3. The Morgan fingerprint density at radius 2 is 1.39 bits per heavy atom. The lowest BCUT2D eigenvalue weighted by molar-refractivity contribution is 0.102. The maximum atomic E-state index is 12.8. The third kappa shape index (κ3) is 6.14. The minimum atomic E-state index is -0.217. The van der Waals surface area contributed by atoms with Crippen molar-refractivity contribution in [2.24, 2.45) is 0 Å². The van der Waals surface area contributed by atoms with Crippen LogP contribution in [0.4, 0.5) is 5.69 Å². The molecule has 0 fully saturated rings. The number of methoxy groups -OCH3 is 1. The molecule has 0 aliphatic heterocycles. The van der Waals surface area contributed by atoms with E-state index >= 15 is 0 Å². The summed E-state index contributed by atoms with van der Waals surface area (Å²) < 4.78 is 17.0. The number of benzene rings is 4. The van der Waals surface area contributed by atoms with Crippen LogP contribution in [-0.4, -0.2) is 13.0 Å². The molecular formula is C28H25NO4. The lowest BCUT2D eigenvalue weighted by Crippen LogP contribution is -2.13. The predicted molar refractivity (Wildman–Crippen MR) is 129 cm³/mol. The van der Waals surface area contributed by atoms with E-state index in [2.05, 4.69) is 5.32 Å². The smallest absolute Gasteiger partial charge is 0.255 e. The molecule has 0 unspecified atom stereocenters. The second-order valence-electron chi connectivity index (χ2n) is 7.39. The van der Waals surface area contributed by atoms with Crippen molar-refractivity contribution in [3.63, 3.8) is 0 Å². The SMILES string of the molecule is COc1cccc(COc2ccc(C(=O)Nc3ccccc3OCc3ccccc3)cc2)c1. The molecule has 0 aliphatic rings. The van der Waals surface area contributed by atoms with Crippen LogP contribution in [0.5, 0.6) is 17.2 Å². The fourth-order valence-electron chi connectivity index (χ4n) is 3.26. The summed E-state index contributed by atoms with van der Waals surface area (Å²) in [6, 6.07) is 32.1. The van der Waals surface area contributed by atoms with E-state index in [1.54, 1.807) is 31.4 Å². The monoisotopic (exact) mass is 439 g/mol. The van der Waals surface area contributed by atoms with E-state index in [0.717, 1.165) is 16.9 Å². The second kappa shape index (κ2) is 10.9. The summed E-state index contributed by atoms with van der Waals surface area (Å²) >= 11 is 0. The van der Waals surface area contributed by atoms with E-state index in [-0.39, 0.29) is 5.91 Å². The number of para-hydroxylation sites is 2. The Kier molecular flexibility index (Phi) is 7.23.